The van der Waals surface area contributed by atoms with E-state index < -0.39 is 17.3 Å². The minimum atomic E-state index is -1.13. The summed E-state index contributed by atoms with van der Waals surface area (Å²) in [5, 5.41) is 9.85. The molecule has 0 unspecified atom stereocenters. The van der Waals surface area contributed by atoms with E-state index in [2.05, 4.69) is 0 Å². The summed E-state index contributed by atoms with van der Waals surface area (Å²) in [5.41, 5.74) is -0.0474. The molecule has 26 heavy (non-hydrogen) atoms. The van der Waals surface area contributed by atoms with Crippen LogP contribution >= 0.6 is 0 Å². The van der Waals surface area contributed by atoms with Gasteiger partial charge in [0.2, 0.25) is 11.8 Å². The molecule has 6 nitrogen and oxygen atoms in total. The normalized spacial score (nSPS) is 27.7. The van der Waals surface area contributed by atoms with Gasteiger partial charge in [-0.15, -0.1) is 0 Å². The molecule has 2 aliphatic heterocycles. The molecule has 4 rings (SSSR count). The number of aryl methyl sites for hydroxylation is 1. The topological polar surface area (TPSA) is 77.9 Å². The van der Waals surface area contributed by atoms with Crippen molar-refractivity contribution < 1.29 is 19.5 Å². The predicted molar refractivity (Wildman–Crippen MR) is 94.2 cm³/mol. The SMILES string of the molecule is O=C(CCc1ccccc1)N1C[C@H]2C(=O)N(CC3CC3)C[C@@]2(C(=O)O)C1. The van der Waals surface area contributed by atoms with Gasteiger partial charge in [-0.1, -0.05) is 30.3 Å². The van der Waals surface area contributed by atoms with Gasteiger partial charge in [-0.3, -0.25) is 14.4 Å². The van der Waals surface area contributed by atoms with Crippen LogP contribution in [0.5, 0.6) is 0 Å². The van der Waals surface area contributed by atoms with E-state index in [1.165, 1.54) is 0 Å². The van der Waals surface area contributed by atoms with E-state index in [-0.39, 0.29) is 31.4 Å². The molecule has 1 aliphatic carbocycles. The lowest BCUT2D eigenvalue weighted by atomic mass is 9.81. The number of carbonyl (C=O) groups excluding carboxylic acids is 2. The molecule has 1 N–H and O–H groups in total. The van der Waals surface area contributed by atoms with Crippen molar-refractivity contribution in [2.75, 3.05) is 26.2 Å². The maximum absolute atomic E-state index is 12.7. The van der Waals surface area contributed by atoms with Crippen molar-refractivity contribution in [1.82, 2.24) is 9.80 Å². The maximum Gasteiger partial charge on any atom is 0.314 e. The van der Waals surface area contributed by atoms with Crippen LogP contribution in [0.4, 0.5) is 0 Å². The Hall–Kier alpha value is -2.37. The average Bonchev–Trinajstić information content (AvgIpc) is 3.30. The van der Waals surface area contributed by atoms with Crippen LogP contribution in [0.1, 0.15) is 24.8 Å². The van der Waals surface area contributed by atoms with Gasteiger partial charge in [0, 0.05) is 32.6 Å². The van der Waals surface area contributed by atoms with Gasteiger partial charge in [-0.25, -0.2) is 0 Å². The number of carboxylic acid groups (broad SMARTS) is 1. The third kappa shape index (κ3) is 2.97. The number of carboxylic acids is 1. The number of hydrogen-bond acceptors (Lipinski definition) is 3. The number of hydrogen-bond donors (Lipinski definition) is 1. The number of carbonyl (C=O) groups is 3. The van der Waals surface area contributed by atoms with Crippen molar-refractivity contribution in [1.29, 1.82) is 0 Å². The molecule has 6 heteroatoms. The van der Waals surface area contributed by atoms with E-state index in [0.717, 1.165) is 18.4 Å². The van der Waals surface area contributed by atoms with Crippen molar-refractivity contribution in [2.45, 2.75) is 25.7 Å². The Bertz CT molecular complexity index is 731. The number of fused-ring (bicyclic) bond motifs is 1. The summed E-state index contributed by atoms with van der Waals surface area (Å²) < 4.78 is 0. The van der Waals surface area contributed by atoms with Crippen LogP contribution in [0.25, 0.3) is 0 Å². The van der Waals surface area contributed by atoms with Crippen molar-refractivity contribution in [3.05, 3.63) is 35.9 Å². The average molecular weight is 356 g/mol. The molecule has 0 aromatic heterocycles. The second-order valence-electron chi connectivity index (χ2n) is 7.94. The van der Waals surface area contributed by atoms with Crippen molar-refractivity contribution in [3.63, 3.8) is 0 Å². The van der Waals surface area contributed by atoms with Crippen LogP contribution in [0.15, 0.2) is 30.3 Å². The first-order valence-corrected chi connectivity index (χ1v) is 9.33. The van der Waals surface area contributed by atoms with E-state index >= 15 is 0 Å². The molecule has 1 aromatic rings. The van der Waals surface area contributed by atoms with Crippen molar-refractivity contribution >= 4 is 17.8 Å². The van der Waals surface area contributed by atoms with Gasteiger partial charge < -0.3 is 14.9 Å². The van der Waals surface area contributed by atoms with Gasteiger partial charge in [-0.05, 0) is 30.7 Å². The van der Waals surface area contributed by atoms with Crippen LogP contribution < -0.4 is 0 Å². The minimum absolute atomic E-state index is 0.0644. The van der Waals surface area contributed by atoms with Gasteiger partial charge in [0.15, 0.2) is 0 Å². The zero-order chi connectivity index (χ0) is 18.3. The third-order valence-electron chi connectivity index (χ3n) is 6.05. The molecule has 1 saturated carbocycles. The molecular formula is C20H24N2O4. The van der Waals surface area contributed by atoms with E-state index in [0.29, 0.717) is 25.3 Å². The Balaban J connectivity index is 1.42. The molecule has 3 fully saturated rings. The van der Waals surface area contributed by atoms with Crippen LogP contribution in [0, 0.1) is 17.3 Å². The first-order valence-electron chi connectivity index (χ1n) is 9.33. The van der Waals surface area contributed by atoms with Gasteiger partial charge in [0.05, 0.1) is 5.92 Å². The van der Waals surface area contributed by atoms with Crippen LogP contribution in [-0.4, -0.2) is 58.9 Å². The summed E-state index contributed by atoms with van der Waals surface area (Å²) in [6.07, 6.45) is 3.21. The van der Waals surface area contributed by atoms with Crippen LogP contribution in [-0.2, 0) is 20.8 Å². The second kappa shape index (κ2) is 6.41. The van der Waals surface area contributed by atoms with E-state index in [4.69, 9.17) is 0 Å². The first-order chi connectivity index (χ1) is 12.5. The molecular weight excluding hydrogens is 332 g/mol. The largest absolute Gasteiger partial charge is 0.481 e. The molecule has 3 aliphatic rings. The fourth-order valence-electron chi connectivity index (χ4n) is 4.32. The lowest BCUT2D eigenvalue weighted by Crippen LogP contribution is -2.42. The summed E-state index contributed by atoms with van der Waals surface area (Å²) in [7, 11) is 0. The quantitative estimate of drug-likeness (QED) is 0.836. The highest BCUT2D eigenvalue weighted by atomic mass is 16.4. The molecule has 2 amide bonds. The molecule has 2 atom stereocenters. The van der Waals surface area contributed by atoms with Gasteiger partial charge in [0.25, 0.3) is 0 Å². The zero-order valence-electron chi connectivity index (χ0n) is 14.8. The number of aliphatic carboxylic acids is 1. The number of rotatable bonds is 6. The fourth-order valence-corrected chi connectivity index (χ4v) is 4.32. The highest BCUT2D eigenvalue weighted by molar-refractivity contribution is 5.94. The number of nitrogens with zero attached hydrogens (tertiary/aromatic N) is 2. The monoisotopic (exact) mass is 356 g/mol. The van der Waals surface area contributed by atoms with Gasteiger partial charge >= 0.3 is 5.97 Å². The molecule has 0 bridgehead atoms. The van der Waals surface area contributed by atoms with Gasteiger partial charge in [0.1, 0.15) is 5.41 Å². The third-order valence-corrected chi connectivity index (χ3v) is 6.05. The minimum Gasteiger partial charge on any atom is -0.481 e. The highest BCUT2D eigenvalue weighted by Gasteiger charge is 2.62. The lowest BCUT2D eigenvalue weighted by molar-refractivity contribution is -0.150. The number of likely N-dealkylation sites (tertiary alicyclic amines) is 2. The molecule has 138 valence electrons. The van der Waals surface area contributed by atoms with E-state index in [9.17, 15) is 19.5 Å². The Morgan fingerprint density at radius 1 is 1.15 bits per heavy atom. The Kier molecular flexibility index (Phi) is 4.21. The summed E-state index contributed by atoms with van der Waals surface area (Å²) >= 11 is 0. The van der Waals surface area contributed by atoms with E-state index in [1.807, 2.05) is 30.3 Å². The highest BCUT2D eigenvalue weighted by Crippen LogP contribution is 2.45. The van der Waals surface area contributed by atoms with Crippen LogP contribution in [0.2, 0.25) is 0 Å². The van der Waals surface area contributed by atoms with Crippen molar-refractivity contribution in [3.8, 4) is 0 Å². The standard InChI is InChI=1S/C20H24N2O4/c23-17(9-8-14-4-2-1-3-5-14)21-11-16-18(24)22(10-15-6-7-15)13-20(16,12-21)19(25)26/h1-5,15-16H,6-13H2,(H,25,26)/t16-,20-/m0/s1. The Labute approximate surface area is 152 Å². The summed E-state index contributed by atoms with van der Waals surface area (Å²) in [6, 6.07) is 9.76. The first kappa shape index (κ1) is 17.1. The second-order valence-corrected chi connectivity index (χ2v) is 7.94. The summed E-state index contributed by atoms with van der Waals surface area (Å²) in [4.78, 5) is 40.7. The summed E-state index contributed by atoms with van der Waals surface area (Å²) in [5.74, 6) is -1.16. The molecule has 0 radical (unpaired) electrons. The lowest BCUT2D eigenvalue weighted by Gasteiger charge is -2.25. The van der Waals surface area contributed by atoms with Crippen molar-refractivity contribution in [2.24, 2.45) is 17.3 Å². The zero-order valence-corrected chi connectivity index (χ0v) is 14.8. The maximum atomic E-state index is 12.7. The molecule has 1 aromatic carbocycles. The molecule has 0 spiro atoms. The number of amides is 2. The smallest absolute Gasteiger partial charge is 0.314 e. The summed E-state index contributed by atoms with van der Waals surface area (Å²) in [6.45, 7) is 1.30. The van der Waals surface area contributed by atoms with Crippen LogP contribution in [0.3, 0.4) is 0 Å². The Morgan fingerprint density at radius 3 is 2.50 bits per heavy atom. The fraction of sp³-hybridized carbons (Fsp3) is 0.550. The molecule has 2 heterocycles. The van der Waals surface area contributed by atoms with Gasteiger partial charge in [-0.2, -0.15) is 0 Å². The Morgan fingerprint density at radius 2 is 1.88 bits per heavy atom. The number of benzene rings is 1. The predicted octanol–water partition coefficient (Wildman–Crippen LogP) is 1.40. The van der Waals surface area contributed by atoms with E-state index in [1.54, 1.807) is 9.80 Å². The molecule has 2 saturated heterocycles.